The van der Waals surface area contributed by atoms with Crippen molar-refractivity contribution in [1.29, 1.82) is 0 Å². The van der Waals surface area contributed by atoms with Crippen molar-refractivity contribution in [3.8, 4) is 33.8 Å². The van der Waals surface area contributed by atoms with Gasteiger partial charge in [0.15, 0.2) is 0 Å². The van der Waals surface area contributed by atoms with Crippen molar-refractivity contribution in [1.82, 2.24) is 29.5 Å². The van der Waals surface area contributed by atoms with Crippen LogP contribution in [0.5, 0.6) is 5.88 Å². The summed E-state index contributed by atoms with van der Waals surface area (Å²) in [6.45, 7) is 1.93. The van der Waals surface area contributed by atoms with Crippen LogP contribution in [0.25, 0.3) is 38.8 Å². The molecular weight excluding hydrogens is 516 g/mol. The molecule has 0 spiro atoms. The van der Waals surface area contributed by atoms with E-state index in [0.29, 0.717) is 34.1 Å². The van der Waals surface area contributed by atoms with Gasteiger partial charge in [-0.1, -0.05) is 36.4 Å². The second-order valence-corrected chi connectivity index (χ2v) is 9.33. The van der Waals surface area contributed by atoms with Gasteiger partial charge in [0.25, 0.3) is 5.56 Å². The number of aromatic nitrogens is 6. The summed E-state index contributed by atoms with van der Waals surface area (Å²) in [6.07, 6.45) is 6.74. The molecule has 0 aliphatic rings. The first-order valence-electron chi connectivity index (χ1n) is 12.9. The zero-order valence-electron chi connectivity index (χ0n) is 22.4. The predicted octanol–water partition coefficient (Wildman–Crippen LogP) is 5.06. The largest absolute Gasteiger partial charge is 0.481 e. The number of para-hydroxylation sites is 1. The molecule has 202 valence electrons. The van der Waals surface area contributed by atoms with Crippen molar-refractivity contribution in [2.45, 2.75) is 13.0 Å². The second kappa shape index (κ2) is 10.9. The highest BCUT2D eigenvalue weighted by Gasteiger charge is 2.22. The Labute approximate surface area is 235 Å². The van der Waals surface area contributed by atoms with Gasteiger partial charge in [0.1, 0.15) is 11.6 Å². The summed E-state index contributed by atoms with van der Waals surface area (Å²) in [7, 11) is 1.56. The van der Waals surface area contributed by atoms with Gasteiger partial charge < -0.3 is 15.8 Å². The van der Waals surface area contributed by atoms with Crippen LogP contribution < -0.4 is 21.3 Å². The maximum atomic E-state index is 14.4. The van der Waals surface area contributed by atoms with Crippen molar-refractivity contribution in [3.05, 3.63) is 114 Å². The minimum atomic E-state index is -0.457. The zero-order valence-corrected chi connectivity index (χ0v) is 22.4. The van der Waals surface area contributed by atoms with Gasteiger partial charge in [0, 0.05) is 42.0 Å². The number of rotatable bonds is 7. The van der Waals surface area contributed by atoms with E-state index >= 15 is 0 Å². The molecule has 0 saturated carbocycles. The molecule has 0 amide bonds. The average Bonchev–Trinajstić information content (AvgIpc) is 3.01. The van der Waals surface area contributed by atoms with Gasteiger partial charge >= 0.3 is 0 Å². The van der Waals surface area contributed by atoms with Crippen LogP contribution in [-0.2, 0) is 0 Å². The molecule has 1 unspecified atom stereocenters. The highest BCUT2D eigenvalue weighted by atomic mass is 16.5. The highest BCUT2D eigenvalue weighted by molar-refractivity contribution is 5.94. The summed E-state index contributed by atoms with van der Waals surface area (Å²) < 4.78 is 6.96. The van der Waals surface area contributed by atoms with E-state index in [-0.39, 0.29) is 11.5 Å². The Balaban J connectivity index is 1.54. The Hall–Kier alpha value is -5.64. The Morgan fingerprint density at radius 3 is 2.51 bits per heavy atom. The monoisotopic (exact) mass is 542 g/mol. The Morgan fingerprint density at radius 1 is 0.878 bits per heavy atom. The molecule has 6 aromatic rings. The molecule has 0 radical (unpaired) electrons. The minimum Gasteiger partial charge on any atom is -0.481 e. The lowest BCUT2D eigenvalue weighted by molar-refractivity contribution is 0.398. The van der Waals surface area contributed by atoms with Crippen LogP contribution in [0.4, 0.5) is 11.8 Å². The summed E-state index contributed by atoms with van der Waals surface area (Å²) in [6, 6.07) is 22.0. The molecule has 1 atom stereocenters. The fourth-order valence-electron chi connectivity index (χ4n) is 4.80. The Morgan fingerprint density at radius 2 is 1.73 bits per heavy atom. The van der Waals surface area contributed by atoms with Gasteiger partial charge in [-0.2, -0.15) is 4.98 Å². The summed E-state index contributed by atoms with van der Waals surface area (Å²) >= 11 is 0. The van der Waals surface area contributed by atoms with Gasteiger partial charge in [0.05, 0.1) is 29.7 Å². The summed E-state index contributed by atoms with van der Waals surface area (Å²) in [5.74, 6) is 1.59. The van der Waals surface area contributed by atoms with E-state index in [4.69, 9.17) is 15.5 Å². The first kappa shape index (κ1) is 25.6. The molecule has 0 saturated heterocycles. The van der Waals surface area contributed by atoms with Crippen LogP contribution >= 0.6 is 0 Å². The molecular formula is C31H26N8O2. The number of nitrogen functional groups attached to an aromatic ring is 1. The first-order valence-corrected chi connectivity index (χ1v) is 12.9. The number of ether oxygens (including phenoxy) is 1. The number of fused-ring (bicyclic) bond motifs is 1. The van der Waals surface area contributed by atoms with Crippen LogP contribution in [-0.4, -0.2) is 36.6 Å². The highest BCUT2D eigenvalue weighted by Crippen LogP contribution is 2.31. The number of nitrogens with one attached hydrogen (secondary N) is 1. The van der Waals surface area contributed by atoms with Crippen molar-refractivity contribution in [3.63, 3.8) is 0 Å². The van der Waals surface area contributed by atoms with Crippen molar-refractivity contribution in [2.24, 2.45) is 0 Å². The number of anilines is 2. The third kappa shape index (κ3) is 4.94. The van der Waals surface area contributed by atoms with Gasteiger partial charge in [0.2, 0.25) is 11.8 Å². The maximum absolute atomic E-state index is 14.4. The number of pyridine rings is 2. The van der Waals surface area contributed by atoms with E-state index in [0.717, 1.165) is 22.3 Å². The van der Waals surface area contributed by atoms with E-state index in [9.17, 15) is 4.79 Å². The molecule has 0 bridgehead atoms. The fraction of sp³-hybridized carbons (Fsp3) is 0.0968. The van der Waals surface area contributed by atoms with Crippen LogP contribution in [0, 0.1) is 0 Å². The van der Waals surface area contributed by atoms with Crippen LogP contribution in [0.15, 0.2) is 102 Å². The van der Waals surface area contributed by atoms with E-state index in [2.05, 4.69) is 25.3 Å². The van der Waals surface area contributed by atoms with E-state index in [1.165, 1.54) is 0 Å². The number of hydrogen-bond acceptors (Lipinski definition) is 9. The lowest BCUT2D eigenvalue weighted by atomic mass is 10.0. The molecule has 0 fully saturated rings. The van der Waals surface area contributed by atoms with E-state index in [1.807, 2.05) is 73.7 Å². The average molecular weight is 543 g/mol. The quantitative estimate of drug-likeness (QED) is 0.284. The lowest BCUT2D eigenvalue weighted by Crippen LogP contribution is -2.28. The maximum Gasteiger partial charge on any atom is 0.266 e. The van der Waals surface area contributed by atoms with Crippen molar-refractivity contribution >= 4 is 22.7 Å². The molecule has 10 nitrogen and oxygen atoms in total. The normalized spacial score (nSPS) is 11.8. The van der Waals surface area contributed by atoms with E-state index < -0.39 is 6.04 Å². The summed E-state index contributed by atoms with van der Waals surface area (Å²) in [5.41, 5.74) is 10.1. The smallest absolute Gasteiger partial charge is 0.266 e. The molecule has 4 heterocycles. The van der Waals surface area contributed by atoms with Gasteiger partial charge in [-0.25, -0.2) is 15.0 Å². The molecule has 6 rings (SSSR count). The number of benzene rings is 2. The zero-order chi connectivity index (χ0) is 28.3. The van der Waals surface area contributed by atoms with Crippen molar-refractivity contribution < 1.29 is 4.74 Å². The standard InChI is InChI=1S/C31H26N8O2/c1-19(36-28-24(18-35-31(32)38-28)21-8-7-14-33-17-21)29-37-25-12-6-11-23(20-13-15-34-26(16-20)41-2)27(25)30(40)39(29)22-9-4-3-5-10-22/h3-19H,1-2H3,(H3,32,35,36,38). The summed E-state index contributed by atoms with van der Waals surface area (Å²) in [5, 5.41) is 3.91. The second-order valence-electron chi connectivity index (χ2n) is 9.33. The number of nitrogens with zero attached hydrogens (tertiary/aromatic N) is 6. The van der Waals surface area contributed by atoms with Crippen LogP contribution in [0.3, 0.4) is 0 Å². The molecule has 0 aliphatic heterocycles. The molecule has 41 heavy (non-hydrogen) atoms. The van der Waals surface area contributed by atoms with Crippen LogP contribution in [0.2, 0.25) is 0 Å². The molecule has 3 N–H and O–H groups in total. The first-order chi connectivity index (χ1) is 20.0. The van der Waals surface area contributed by atoms with Crippen molar-refractivity contribution in [2.75, 3.05) is 18.2 Å². The van der Waals surface area contributed by atoms with Gasteiger partial charge in [-0.15, -0.1) is 0 Å². The molecule has 0 aliphatic carbocycles. The van der Waals surface area contributed by atoms with Gasteiger partial charge in [-0.3, -0.25) is 14.3 Å². The lowest BCUT2D eigenvalue weighted by Gasteiger charge is -2.22. The van der Waals surface area contributed by atoms with Crippen LogP contribution in [0.1, 0.15) is 18.8 Å². The Kier molecular flexibility index (Phi) is 6.78. The van der Waals surface area contributed by atoms with E-state index in [1.54, 1.807) is 42.5 Å². The third-order valence-corrected chi connectivity index (χ3v) is 6.71. The SMILES string of the molecule is COc1cc(-c2cccc3nc(C(C)Nc4nc(N)ncc4-c4cccnc4)n(-c4ccccc4)c(=O)c23)ccn1. The third-order valence-electron chi connectivity index (χ3n) is 6.71. The number of hydrogen-bond donors (Lipinski definition) is 2. The minimum absolute atomic E-state index is 0.122. The molecule has 2 aromatic carbocycles. The summed E-state index contributed by atoms with van der Waals surface area (Å²) in [4.78, 5) is 36.5. The molecule has 4 aromatic heterocycles. The topological polar surface area (TPSA) is 134 Å². The fourth-order valence-corrected chi connectivity index (χ4v) is 4.80. The Bertz CT molecular complexity index is 1910. The molecule has 10 heteroatoms. The number of methoxy groups -OCH3 is 1. The number of nitrogens with two attached hydrogens (primary N) is 1. The predicted molar refractivity (Wildman–Crippen MR) is 159 cm³/mol. The van der Waals surface area contributed by atoms with Gasteiger partial charge in [-0.05, 0) is 48.4 Å².